The van der Waals surface area contributed by atoms with Gasteiger partial charge in [0, 0.05) is 18.2 Å². The number of anilines is 1. The van der Waals surface area contributed by atoms with Crippen LogP contribution in [0.15, 0.2) is 60.7 Å². The molecule has 2 heterocycles. The second-order valence-electron chi connectivity index (χ2n) is 10.6. The van der Waals surface area contributed by atoms with Crippen molar-refractivity contribution in [2.24, 2.45) is 0 Å². The van der Waals surface area contributed by atoms with Gasteiger partial charge in [0.15, 0.2) is 5.94 Å². The first-order valence-electron chi connectivity index (χ1n) is 12.3. The number of benzene rings is 2. The van der Waals surface area contributed by atoms with Crippen molar-refractivity contribution in [3.05, 3.63) is 66.2 Å². The van der Waals surface area contributed by atoms with Crippen molar-refractivity contribution in [3.63, 3.8) is 0 Å². The van der Waals surface area contributed by atoms with Gasteiger partial charge in [0.05, 0.1) is 11.2 Å². The Morgan fingerprint density at radius 2 is 1.76 bits per heavy atom. The van der Waals surface area contributed by atoms with Gasteiger partial charge < -0.3 is 14.8 Å². The maximum absolute atomic E-state index is 12.5. The zero-order chi connectivity index (χ0) is 26.4. The normalized spacial score (nSPS) is 18.6. The molecule has 0 atom stereocenters. The van der Waals surface area contributed by atoms with Gasteiger partial charge in [-0.3, -0.25) is 13.4 Å². The number of carbonyl (C=O) groups is 1. The standard InChI is InChI=1S/C28H33N3O5S/c1-27(2,3)36-26(32)30-28(15-8-16-28)21-13-11-20(12-14-21)24-22(19-9-6-5-7-10-19)17-23-25(29-24)35-18-37(33,34)31(23)4/h5-7,9-14,17,33-34H,8,15-16,18H2,1-4H3,(H,30,32). The Kier molecular flexibility index (Phi) is 6.34. The molecule has 0 spiro atoms. The van der Waals surface area contributed by atoms with E-state index in [9.17, 15) is 13.9 Å². The fourth-order valence-electron chi connectivity index (χ4n) is 4.71. The number of ether oxygens (including phenoxy) is 2. The molecule has 1 amide bonds. The molecule has 0 radical (unpaired) electrons. The number of pyridine rings is 1. The van der Waals surface area contributed by atoms with Crippen LogP contribution >= 0.6 is 10.8 Å². The smallest absolute Gasteiger partial charge is 0.408 e. The summed E-state index contributed by atoms with van der Waals surface area (Å²) in [6, 6.07) is 19.8. The molecule has 1 aliphatic heterocycles. The molecule has 8 nitrogen and oxygen atoms in total. The first-order chi connectivity index (χ1) is 17.5. The van der Waals surface area contributed by atoms with E-state index in [1.807, 2.05) is 81.4 Å². The SMILES string of the molecule is CN1c2cc(-c3ccccc3)c(-c3ccc(C4(NC(=O)OC(C)(C)C)CCC4)cc3)nc2OCS1(O)O. The van der Waals surface area contributed by atoms with E-state index in [1.54, 1.807) is 7.05 Å². The topological polar surface area (TPSA) is 104 Å². The Morgan fingerprint density at radius 3 is 2.35 bits per heavy atom. The minimum Gasteiger partial charge on any atom is -0.453 e. The third kappa shape index (κ3) is 4.99. The molecule has 0 unspecified atom stereocenters. The lowest BCUT2D eigenvalue weighted by atomic mass is 9.71. The minimum absolute atomic E-state index is 0.231. The summed E-state index contributed by atoms with van der Waals surface area (Å²) in [6.45, 7) is 5.57. The Bertz CT molecular complexity index is 1300. The van der Waals surface area contributed by atoms with E-state index in [-0.39, 0.29) is 5.94 Å². The van der Waals surface area contributed by atoms with Gasteiger partial charge >= 0.3 is 6.09 Å². The lowest BCUT2D eigenvalue weighted by Crippen LogP contribution is -2.52. The lowest BCUT2D eigenvalue weighted by Gasteiger charge is -2.44. The minimum atomic E-state index is -3.06. The third-order valence-electron chi connectivity index (χ3n) is 6.84. The predicted molar refractivity (Wildman–Crippen MR) is 147 cm³/mol. The monoisotopic (exact) mass is 523 g/mol. The van der Waals surface area contributed by atoms with Crippen LogP contribution in [0.4, 0.5) is 10.5 Å². The first-order valence-corrected chi connectivity index (χ1v) is 14.0. The molecule has 2 aromatic carbocycles. The third-order valence-corrected chi connectivity index (χ3v) is 8.35. The van der Waals surface area contributed by atoms with Crippen LogP contribution in [0, 0.1) is 0 Å². The number of aromatic nitrogens is 1. The highest BCUT2D eigenvalue weighted by atomic mass is 32.3. The van der Waals surface area contributed by atoms with E-state index < -0.39 is 28.0 Å². The van der Waals surface area contributed by atoms with E-state index in [1.165, 1.54) is 4.31 Å². The van der Waals surface area contributed by atoms with Crippen molar-refractivity contribution in [2.45, 2.75) is 51.2 Å². The van der Waals surface area contributed by atoms with Crippen LogP contribution in [0.1, 0.15) is 45.6 Å². The van der Waals surface area contributed by atoms with E-state index in [4.69, 9.17) is 14.5 Å². The summed E-state index contributed by atoms with van der Waals surface area (Å²) < 4.78 is 33.4. The van der Waals surface area contributed by atoms with Gasteiger partial charge in [0.25, 0.3) is 0 Å². The van der Waals surface area contributed by atoms with Gasteiger partial charge in [-0.2, -0.15) is 0 Å². The Hall–Kier alpha value is -3.27. The molecule has 1 saturated carbocycles. The summed E-state index contributed by atoms with van der Waals surface area (Å²) in [5.74, 6) is 0.125. The molecule has 3 aromatic rings. The van der Waals surface area contributed by atoms with E-state index in [0.29, 0.717) is 11.6 Å². The lowest BCUT2D eigenvalue weighted by molar-refractivity contribution is 0.0377. The van der Waals surface area contributed by atoms with Gasteiger partial charge in [0.1, 0.15) is 11.3 Å². The molecule has 1 fully saturated rings. The number of nitrogens with zero attached hydrogens (tertiary/aromatic N) is 2. The number of hydrogen-bond acceptors (Lipinski definition) is 7. The fraction of sp³-hybridized carbons (Fsp3) is 0.357. The van der Waals surface area contributed by atoms with Crippen LogP contribution in [0.25, 0.3) is 22.4 Å². The second kappa shape index (κ2) is 9.24. The number of amides is 1. The number of hydrogen-bond donors (Lipinski definition) is 3. The molecule has 196 valence electrons. The number of alkyl carbamates (subject to hydrolysis) is 1. The highest BCUT2D eigenvalue weighted by Gasteiger charge is 2.41. The van der Waals surface area contributed by atoms with Crippen molar-refractivity contribution in [1.82, 2.24) is 10.3 Å². The van der Waals surface area contributed by atoms with E-state index in [2.05, 4.69) is 5.32 Å². The quantitative estimate of drug-likeness (QED) is 0.347. The molecular weight excluding hydrogens is 490 g/mol. The van der Waals surface area contributed by atoms with Crippen LogP contribution < -0.4 is 14.4 Å². The van der Waals surface area contributed by atoms with Crippen molar-refractivity contribution in [2.75, 3.05) is 17.3 Å². The molecule has 3 N–H and O–H groups in total. The summed E-state index contributed by atoms with van der Waals surface area (Å²) in [7, 11) is -1.43. The largest absolute Gasteiger partial charge is 0.453 e. The van der Waals surface area contributed by atoms with Crippen molar-refractivity contribution in [3.8, 4) is 28.3 Å². The summed E-state index contributed by atoms with van der Waals surface area (Å²) in [5.41, 5.74) is 3.98. The summed E-state index contributed by atoms with van der Waals surface area (Å²) >= 11 is 0. The zero-order valence-corrected chi connectivity index (χ0v) is 22.3. The molecule has 2 aliphatic rings. The highest BCUT2D eigenvalue weighted by molar-refractivity contribution is 8.25. The molecule has 0 saturated heterocycles. The Balaban J connectivity index is 1.52. The molecule has 37 heavy (non-hydrogen) atoms. The summed E-state index contributed by atoms with van der Waals surface area (Å²) in [4.78, 5) is 17.4. The van der Waals surface area contributed by atoms with Crippen molar-refractivity contribution in [1.29, 1.82) is 0 Å². The molecular formula is C28H33N3O5S. The maximum atomic E-state index is 12.5. The maximum Gasteiger partial charge on any atom is 0.408 e. The molecule has 9 heteroatoms. The molecule has 0 bridgehead atoms. The Labute approximate surface area is 219 Å². The average molecular weight is 524 g/mol. The molecule has 1 aliphatic carbocycles. The van der Waals surface area contributed by atoms with Crippen LogP contribution in [0.3, 0.4) is 0 Å². The van der Waals surface area contributed by atoms with Crippen LogP contribution in [-0.4, -0.2) is 38.8 Å². The highest BCUT2D eigenvalue weighted by Crippen LogP contribution is 2.53. The molecule has 1 aromatic heterocycles. The summed E-state index contributed by atoms with van der Waals surface area (Å²) in [6.07, 6.45) is 2.33. The fourth-order valence-corrected chi connectivity index (χ4v) is 5.58. The van der Waals surface area contributed by atoms with Gasteiger partial charge in [-0.05, 0) is 57.2 Å². The summed E-state index contributed by atoms with van der Waals surface area (Å²) in [5, 5.41) is 3.11. The molecule has 5 rings (SSSR count). The van der Waals surface area contributed by atoms with Crippen LogP contribution in [-0.2, 0) is 10.3 Å². The van der Waals surface area contributed by atoms with Crippen molar-refractivity contribution < 1.29 is 23.4 Å². The van der Waals surface area contributed by atoms with Crippen molar-refractivity contribution >= 4 is 22.6 Å². The van der Waals surface area contributed by atoms with E-state index >= 15 is 0 Å². The number of fused-ring (bicyclic) bond motifs is 1. The van der Waals surface area contributed by atoms with Gasteiger partial charge in [-0.1, -0.05) is 65.4 Å². The van der Waals surface area contributed by atoms with Gasteiger partial charge in [-0.15, -0.1) is 0 Å². The average Bonchev–Trinajstić information content (AvgIpc) is 2.83. The number of carbonyl (C=O) groups excluding carboxylic acids is 1. The van der Waals surface area contributed by atoms with Gasteiger partial charge in [0.2, 0.25) is 5.88 Å². The van der Waals surface area contributed by atoms with E-state index in [0.717, 1.165) is 47.2 Å². The zero-order valence-electron chi connectivity index (χ0n) is 21.5. The predicted octanol–water partition coefficient (Wildman–Crippen LogP) is 6.77. The second-order valence-corrected chi connectivity index (χ2v) is 12.7. The first kappa shape index (κ1) is 25.4. The van der Waals surface area contributed by atoms with Gasteiger partial charge in [-0.25, -0.2) is 9.78 Å². The number of rotatable bonds is 4. The number of nitrogens with one attached hydrogen (secondary N) is 1. The van der Waals surface area contributed by atoms with Crippen LogP contribution in [0.5, 0.6) is 5.88 Å². The Morgan fingerprint density at radius 1 is 1.08 bits per heavy atom. The van der Waals surface area contributed by atoms with Crippen LogP contribution in [0.2, 0.25) is 0 Å².